The number of carbonyl (C=O) groups excluding carboxylic acids is 2. The number of allylic oxidation sites excluding steroid dienone is 2. The predicted molar refractivity (Wildman–Crippen MR) is 266 cm³/mol. The summed E-state index contributed by atoms with van der Waals surface area (Å²) in [4.78, 5) is 35.0. The molecule has 0 bridgehead atoms. The lowest BCUT2D eigenvalue weighted by molar-refractivity contribution is -0.161. The average Bonchev–Trinajstić information content (AvgIpc) is 3.27. The van der Waals surface area contributed by atoms with Gasteiger partial charge in [0.1, 0.15) is 6.61 Å². The Kier molecular flexibility index (Phi) is 49.2. The summed E-state index contributed by atoms with van der Waals surface area (Å²) in [6.45, 7) is 3.79. The smallest absolute Gasteiger partial charge is 0.462 e. The summed E-state index contributed by atoms with van der Waals surface area (Å²) in [7, 11) is -4.38. The molecule has 2 atom stereocenters. The molecule has 374 valence electrons. The van der Waals surface area contributed by atoms with Gasteiger partial charge in [-0.15, -0.1) is 0 Å². The zero-order valence-electron chi connectivity index (χ0n) is 41.6. The Bertz CT molecular complexity index is 1040. The maximum Gasteiger partial charge on any atom is 0.472 e. The van der Waals surface area contributed by atoms with Crippen molar-refractivity contribution >= 4 is 19.8 Å². The number of carbonyl (C=O) groups is 2. The standard InChI is InChI=1S/C53H104NO8P/c1-3-5-7-9-11-13-15-17-18-19-20-21-22-23-24-25-26-27-28-29-30-31-32-34-36-38-40-42-44-46-53(56)62-51(50-61-63(57,58)60-48-47-54)49-59-52(55)45-43-41-39-37-35-33-16-14-12-10-8-6-4-2/h19-20,51H,3-18,21-50,54H2,1-2H3,(H,57,58)/b20-19-. The van der Waals surface area contributed by atoms with Gasteiger partial charge < -0.3 is 20.1 Å². The summed E-state index contributed by atoms with van der Waals surface area (Å²) in [5, 5.41) is 0. The van der Waals surface area contributed by atoms with Crippen LogP contribution in [0.4, 0.5) is 0 Å². The number of rotatable bonds is 52. The van der Waals surface area contributed by atoms with Gasteiger partial charge in [-0.05, 0) is 38.5 Å². The molecule has 0 spiro atoms. The van der Waals surface area contributed by atoms with Gasteiger partial charge >= 0.3 is 19.8 Å². The molecule has 9 nitrogen and oxygen atoms in total. The molecule has 10 heteroatoms. The number of phosphoric ester groups is 1. The second-order valence-corrected chi connectivity index (χ2v) is 19.9. The van der Waals surface area contributed by atoms with E-state index in [2.05, 4.69) is 26.0 Å². The van der Waals surface area contributed by atoms with E-state index in [0.29, 0.717) is 6.42 Å². The third kappa shape index (κ3) is 50.0. The number of phosphoric acid groups is 1. The van der Waals surface area contributed by atoms with Crippen LogP contribution in [0.1, 0.15) is 284 Å². The molecule has 0 aliphatic carbocycles. The van der Waals surface area contributed by atoms with Gasteiger partial charge in [0, 0.05) is 19.4 Å². The molecule has 0 saturated carbocycles. The van der Waals surface area contributed by atoms with Crippen molar-refractivity contribution in [2.45, 2.75) is 290 Å². The minimum Gasteiger partial charge on any atom is -0.462 e. The largest absolute Gasteiger partial charge is 0.472 e. The van der Waals surface area contributed by atoms with E-state index in [4.69, 9.17) is 24.3 Å². The van der Waals surface area contributed by atoms with Crippen molar-refractivity contribution in [2.75, 3.05) is 26.4 Å². The molecule has 0 saturated heterocycles. The summed E-state index contributed by atoms with van der Waals surface area (Å²) in [5.41, 5.74) is 5.37. The van der Waals surface area contributed by atoms with Crippen molar-refractivity contribution in [3.63, 3.8) is 0 Å². The summed E-state index contributed by atoms with van der Waals surface area (Å²) < 4.78 is 32.9. The van der Waals surface area contributed by atoms with Crippen LogP contribution < -0.4 is 5.73 Å². The van der Waals surface area contributed by atoms with Gasteiger partial charge in [-0.2, -0.15) is 0 Å². The fourth-order valence-electron chi connectivity index (χ4n) is 8.10. The van der Waals surface area contributed by atoms with Crippen molar-refractivity contribution in [3.05, 3.63) is 12.2 Å². The Labute approximate surface area is 389 Å². The van der Waals surface area contributed by atoms with E-state index in [9.17, 15) is 19.0 Å². The molecule has 0 fully saturated rings. The number of hydrogen-bond donors (Lipinski definition) is 2. The van der Waals surface area contributed by atoms with E-state index >= 15 is 0 Å². The first kappa shape index (κ1) is 61.8. The first-order valence-electron chi connectivity index (χ1n) is 27.2. The van der Waals surface area contributed by atoms with Crippen molar-refractivity contribution in [1.82, 2.24) is 0 Å². The van der Waals surface area contributed by atoms with Crippen LogP contribution in [0.5, 0.6) is 0 Å². The van der Waals surface area contributed by atoms with Gasteiger partial charge in [-0.25, -0.2) is 4.57 Å². The summed E-state index contributed by atoms with van der Waals surface area (Å²) in [6.07, 6.45) is 55.6. The molecule has 2 unspecified atom stereocenters. The first-order chi connectivity index (χ1) is 30.8. The van der Waals surface area contributed by atoms with Crippen LogP contribution in [0.2, 0.25) is 0 Å². The van der Waals surface area contributed by atoms with E-state index in [1.807, 2.05) is 0 Å². The fourth-order valence-corrected chi connectivity index (χ4v) is 8.87. The molecular formula is C53H104NO8P. The predicted octanol–water partition coefficient (Wildman–Crippen LogP) is 16.5. The van der Waals surface area contributed by atoms with Crippen molar-refractivity contribution in [3.8, 4) is 0 Å². The van der Waals surface area contributed by atoms with Crippen molar-refractivity contribution < 1.29 is 37.6 Å². The third-order valence-electron chi connectivity index (χ3n) is 12.2. The highest BCUT2D eigenvalue weighted by atomic mass is 31.2. The van der Waals surface area contributed by atoms with Gasteiger partial charge in [0.25, 0.3) is 0 Å². The Morgan fingerprint density at radius 3 is 1.13 bits per heavy atom. The number of unbranched alkanes of at least 4 members (excludes halogenated alkanes) is 37. The molecule has 0 aliphatic heterocycles. The van der Waals surface area contributed by atoms with E-state index in [-0.39, 0.29) is 38.6 Å². The van der Waals surface area contributed by atoms with E-state index in [1.165, 1.54) is 218 Å². The number of esters is 2. The minimum absolute atomic E-state index is 0.0572. The van der Waals surface area contributed by atoms with Gasteiger partial charge in [-0.1, -0.05) is 244 Å². The quantitative estimate of drug-likeness (QED) is 0.0265. The number of ether oxygens (including phenoxy) is 2. The number of nitrogens with two attached hydrogens (primary N) is 1. The first-order valence-corrected chi connectivity index (χ1v) is 28.7. The van der Waals surface area contributed by atoms with Crippen LogP contribution >= 0.6 is 7.82 Å². The topological polar surface area (TPSA) is 134 Å². The molecule has 3 N–H and O–H groups in total. The highest BCUT2D eigenvalue weighted by molar-refractivity contribution is 7.47. The second-order valence-electron chi connectivity index (χ2n) is 18.5. The Hall–Kier alpha value is -1.25. The monoisotopic (exact) mass is 914 g/mol. The molecule has 0 aromatic rings. The third-order valence-corrected chi connectivity index (χ3v) is 13.1. The fraction of sp³-hybridized carbons (Fsp3) is 0.925. The molecular weight excluding hydrogens is 810 g/mol. The van der Waals surface area contributed by atoms with Crippen LogP contribution in [0.3, 0.4) is 0 Å². The van der Waals surface area contributed by atoms with Crippen molar-refractivity contribution in [1.29, 1.82) is 0 Å². The average molecular weight is 914 g/mol. The Balaban J connectivity index is 3.87. The van der Waals surface area contributed by atoms with Gasteiger partial charge in [-0.3, -0.25) is 18.6 Å². The molecule has 0 aromatic carbocycles. The minimum atomic E-state index is -4.38. The summed E-state index contributed by atoms with van der Waals surface area (Å²) >= 11 is 0. The summed E-state index contributed by atoms with van der Waals surface area (Å²) in [5.74, 6) is -0.811. The molecule has 0 radical (unpaired) electrons. The lowest BCUT2D eigenvalue weighted by Crippen LogP contribution is -2.29. The van der Waals surface area contributed by atoms with Crippen molar-refractivity contribution in [2.24, 2.45) is 5.73 Å². The van der Waals surface area contributed by atoms with Gasteiger partial charge in [0.2, 0.25) is 0 Å². The highest BCUT2D eigenvalue weighted by Gasteiger charge is 2.26. The van der Waals surface area contributed by atoms with Crippen LogP contribution in [0, 0.1) is 0 Å². The molecule has 0 rings (SSSR count). The lowest BCUT2D eigenvalue weighted by atomic mass is 10.0. The highest BCUT2D eigenvalue weighted by Crippen LogP contribution is 2.43. The van der Waals surface area contributed by atoms with Crippen LogP contribution in [0.25, 0.3) is 0 Å². The number of hydrogen-bond acceptors (Lipinski definition) is 8. The molecule has 63 heavy (non-hydrogen) atoms. The van der Waals surface area contributed by atoms with Gasteiger partial charge in [0.05, 0.1) is 13.2 Å². The second kappa shape index (κ2) is 50.2. The Morgan fingerprint density at radius 1 is 0.460 bits per heavy atom. The Morgan fingerprint density at radius 2 is 0.778 bits per heavy atom. The van der Waals surface area contributed by atoms with Crippen LogP contribution in [-0.4, -0.2) is 49.3 Å². The lowest BCUT2D eigenvalue weighted by Gasteiger charge is -2.19. The maximum atomic E-state index is 12.7. The van der Waals surface area contributed by atoms with Crippen LogP contribution in [0.15, 0.2) is 12.2 Å². The SMILES string of the molecule is CCCCCCCCCC/C=C\CCCCCCCCCCCCCCCCCCCC(=O)OC(COC(=O)CCCCCCCCCCCCCCC)COP(=O)(O)OCCN. The zero-order chi connectivity index (χ0) is 46.0. The molecule has 0 amide bonds. The maximum absolute atomic E-state index is 12.7. The molecule has 0 aliphatic rings. The zero-order valence-corrected chi connectivity index (χ0v) is 42.5. The normalized spacial score (nSPS) is 13.1. The van der Waals surface area contributed by atoms with Crippen LogP contribution in [-0.2, 0) is 32.7 Å². The van der Waals surface area contributed by atoms with E-state index in [0.717, 1.165) is 32.1 Å². The van der Waals surface area contributed by atoms with E-state index < -0.39 is 26.5 Å². The van der Waals surface area contributed by atoms with E-state index in [1.54, 1.807) is 0 Å². The molecule has 0 aromatic heterocycles. The van der Waals surface area contributed by atoms with Gasteiger partial charge in [0.15, 0.2) is 6.10 Å². The summed E-state index contributed by atoms with van der Waals surface area (Å²) in [6, 6.07) is 0. The molecule has 0 heterocycles.